The van der Waals surface area contributed by atoms with Crippen LogP contribution in [-0.4, -0.2) is 48.9 Å². The lowest BCUT2D eigenvalue weighted by atomic mass is 10.1. The number of aliphatic hydroxyl groups is 1. The zero-order valence-electron chi connectivity index (χ0n) is 13.5. The Balaban J connectivity index is 2.27. The van der Waals surface area contributed by atoms with Crippen LogP contribution in [0.25, 0.3) is 11.3 Å². The van der Waals surface area contributed by atoms with Crippen molar-refractivity contribution in [3.63, 3.8) is 0 Å². The van der Waals surface area contributed by atoms with Gasteiger partial charge in [0, 0.05) is 30.9 Å². The maximum atomic E-state index is 12.3. The highest BCUT2D eigenvalue weighted by molar-refractivity contribution is 6.00. The molecule has 1 atom stereocenters. The number of hydrogen-bond donors (Lipinski definition) is 3. The van der Waals surface area contributed by atoms with Crippen LogP contribution in [0.2, 0.25) is 0 Å². The average molecular weight is 348 g/mol. The minimum atomic E-state index is -2.11. The summed E-state index contributed by atoms with van der Waals surface area (Å²) in [6, 6.07) is 5.51. The summed E-state index contributed by atoms with van der Waals surface area (Å²) in [5.74, 6) is -2.09. The van der Waals surface area contributed by atoms with E-state index in [1.165, 1.54) is 35.1 Å². The van der Waals surface area contributed by atoms with Gasteiger partial charge in [-0.15, -0.1) is 0 Å². The smallest absolute Gasteiger partial charge is 0.337 e. The highest BCUT2D eigenvalue weighted by Crippen LogP contribution is 2.24. The lowest BCUT2D eigenvalue weighted by molar-refractivity contribution is -0.384. The number of carbonyl (C=O) groups excluding carboxylic acids is 1. The fourth-order valence-corrected chi connectivity index (χ4v) is 2.03. The molecule has 2 rings (SSSR count). The third-order valence-electron chi connectivity index (χ3n) is 3.48. The van der Waals surface area contributed by atoms with E-state index in [1.807, 2.05) is 0 Å². The van der Waals surface area contributed by atoms with Gasteiger partial charge in [0.05, 0.1) is 17.0 Å². The first kappa shape index (κ1) is 18.1. The van der Waals surface area contributed by atoms with Crippen LogP contribution in [0.15, 0.2) is 30.5 Å². The Morgan fingerprint density at radius 2 is 1.96 bits per heavy atom. The minimum absolute atomic E-state index is 0.0943. The van der Waals surface area contributed by atoms with Gasteiger partial charge in [0.25, 0.3) is 11.6 Å². The summed E-state index contributed by atoms with van der Waals surface area (Å²) in [5, 5.41) is 35.7. The van der Waals surface area contributed by atoms with Crippen LogP contribution < -0.4 is 5.32 Å². The first-order valence-corrected chi connectivity index (χ1v) is 7.14. The molecule has 1 amide bonds. The van der Waals surface area contributed by atoms with Crippen LogP contribution in [0.1, 0.15) is 17.3 Å². The Morgan fingerprint density at radius 3 is 2.48 bits per heavy atom. The summed E-state index contributed by atoms with van der Waals surface area (Å²) >= 11 is 0. The van der Waals surface area contributed by atoms with Gasteiger partial charge in [-0.05, 0) is 19.1 Å². The number of carbonyl (C=O) groups is 2. The predicted octanol–water partition coefficient (Wildman–Crippen LogP) is 0.561. The molecule has 1 aromatic heterocycles. The number of carboxylic acid groups (broad SMARTS) is 1. The molecule has 1 aromatic carbocycles. The monoisotopic (exact) mass is 348 g/mol. The molecule has 0 radical (unpaired) electrons. The Morgan fingerprint density at radius 1 is 1.36 bits per heavy atom. The van der Waals surface area contributed by atoms with Gasteiger partial charge in [0.2, 0.25) is 0 Å². The van der Waals surface area contributed by atoms with E-state index < -0.39 is 28.9 Å². The zero-order valence-corrected chi connectivity index (χ0v) is 13.5. The Kier molecular flexibility index (Phi) is 4.84. The van der Waals surface area contributed by atoms with Gasteiger partial charge in [-0.3, -0.25) is 19.6 Å². The van der Waals surface area contributed by atoms with Crippen molar-refractivity contribution in [3.8, 4) is 11.3 Å². The number of amides is 1. The van der Waals surface area contributed by atoms with Gasteiger partial charge in [-0.1, -0.05) is 0 Å². The normalized spacial score (nSPS) is 13.1. The summed E-state index contributed by atoms with van der Waals surface area (Å²) in [7, 11) is 1.60. The number of nitrogens with zero attached hydrogens (tertiary/aromatic N) is 3. The number of rotatable bonds is 6. The number of hydrogen-bond acceptors (Lipinski definition) is 6. The van der Waals surface area contributed by atoms with E-state index in [2.05, 4.69) is 10.4 Å². The standard InChI is InChI=1S/C15H16N4O6/c1-15(23,14(21)22)8-16-13(20)11-7-18(2)17-12(11)9-3-5-10(6-4-9)19(24)25/h3-7,23H,8H2,1-2H3,(H,16,20)(H,21,22). The topological polar surface area (TPSA) is 148 Å². The number of benzene rings is 1. The molecule has 0 aliphatic carbocycles. The Hall–Kier alpha value is -3.27. The summed E-state index contributed by atoms with van der Waals surface area (Å²) < 4.78 is 1.39. The molecule has 0 spiro atoms. The molecule has 0 aliphatic heterocycles. The van der Waals surface area contributed by atoms with Crippen LogP contribution in [0, 0.1) is 10.1 Å². The van der Waals surface area contributed by atoms with Crippen molar-refractivity contribution >= 4 is 17.6 Å². The molecule has 0 aliphatic rings. The van der Waals surface area contributed by atoms with Crippen LogP contribution in [0.5, 0.6) is 0 Å². The number of aryl methyl sites for hydroxylation is 1. The molecule has 1 heterocycles. The van der Waals surface area contributed by atoms with Crippen molar-refractivity contribution in [1.29, 1.82) is 0 Å². The molecule has 3 N–H and O–H groups in total. The number of aliphatic carboxylic acids is 1. The van der Waals surface area contributed by atoms with E-state index in [0.29, 0.717) is 5.56 Å². The Labute approximate surface area is 141 Å². The highest BCUT2D eigenvalue weighted by Gasteiger charge is 2.31. The molecule has 0 bridgehead atoms. The van der Waals surface area contributed by atoms with E-state index in [0.717, 1.165) is 6.92 Å². The van der Waals surface area contributed by atoms with Crippen molar-refractivity contribution in [1.82, 2.24) is 15.1 Å². The number of non-ortho nitro benzene ring substituents is 1. The second kappa shape index (κ2) is 6.69. The van der Waals surface area contributed by atoms with Gasteiger partial charge in [0.1, 0.15) is 5.69 Å². The summed E-state index contributed by atoms with van der Waals surface area (Å²) in [5.41, 5.74) is -1.28. The third kappa shape index (κ3) is 3.98. The molecule has 2 aromatic rings. The summed E-state index contributed by atoms with van der Waals surface area (Å²) in [6.07, 6.45) is 1.43. The lowest BCUT2D eigenvalue weighted by Crippen LogP contribution is -2.46. The lowest BCUT2D eigenvalue weighted by Gasteiger charge is -2.18. The molecule has 0 saturated carbocycles. The molecule has 25 heavy (non-hydrogen) atoms. The van der Waals surface area contributed by atoms with Gasteiger partial charge in [0.15, 0.2) is 5.60 Å². The van der Waals surface area contributed by atoms with Crippen molar-refractivity contribution in [2.45, 2.75) is 12.5 Å². The van der Waals surface area contributed by atoms with Crippen LogP contribution in [0.4, 0.5) is 5.69 Å². The van der Waals surface area contributed by atoms with Gasteiger partial charge >= 0.3 is 5.97 Å². The van der Waals surface area contributed by atoms with Crippen molar-refractivity contribution in [2.75, 3.05) is 6.54 Å². The second-order valence-corrected chi connectivity index (χ2v) is 5.63. The largest absolute Gasteiger partial charge is 0.479 e. The molecule has 1 unspecified atom stereocenters. The predicted molar refractivity (Wildman–Crippen MR) is 85.9 cm³/mol. The first-order chi connectivity index (χ1) is 11.6. The number of carboxylic acids is 1. The molecular weight excluding hydrogens is 332 g/mol. The van der Waals surface area contributed by atoms with Crippen molar-refractivity contribution < 1.29 is 24.7 Å². The van der Waals surface area contributed by atoms with Gasteiger partial charge in [-0.2, -0.15) is 5.10 Å². The van der Waals surface area contributed by atoms with E-state index >= 15 is 0 Å². The van der Waals surface area contributed by atoms with Crippen LogP contribution >= 0.6 is 0 Å². The average Bonchev–Trinajstić information content (AvgIpc) is 2.94. The molecule has 0 fully saturated rings. The van der Waals surface area contributed by atoms with E-state index in [9.17, 15) is 24.8 Å². The van der Waals surface area contributed by atoms with Crippen LogP contribution in [0.3, 0.4) is 0 Å². The van der Waals surface area contributed by atoms with Crippen molar-refractivity contribution in [2.24, 2.45) is 7.05 Å². The van der Waals surface area contributed by atoms with Gasteiger partial charge in [-0.25, -0.2) is 4.79 Å². The summed E-state index contributed by atoms with van der Waals surface area (Å²) in [4.78, 5) is 33.4. The maximum Gasteiger partial charge on any atom is 0.337 e. The Bertz CT molecular complexity index is 825. The van der Waals surface area contributed by atoms with Gasteiger partial charge < -0.3 is 15.5 Å². The quantitative estimate of drug-likeness (QED) is 0.510. The SMILES string of the molecule is Cn1cc(C(=O)NCC(C)(O)C(=O)O)c(-c2ccc([N+](=O)[O-])cc2)n1. The fraction of sp³-hybridized carbons (Fsp3) is 0.267. The second-order valence-electron chi connectivity index (χ2n) is 5.63. The molecular formula is C15H16N4O6. The highest BCUT2D eigenvalue weighted by atomic mass is 16.6. The molecule has 132 valence electrons. The van der Waals surface area contributed by atoms with E-state index in [4.69, 9.17) is 5.11 Å². The zero-order chi connectivity index (χ0) is 18.8. The van der Waals surface area contributed by atoms with E-state index in [1.54, 1.807) is 7.05 Å². The first-order valence-electron chi connectivity index (χ1n) is 7.14. The number of nitro groups is 1. The fourth-order valence-electron chi connectivity index (χ4n) is 2.03. The minimum Gasteiger partial charge on any atom is -0.479 e. The number of nitrogens with one attached hydrogen (secondary N) is 1. The summed E-state index contributed by atoms with van der Waals surface area (Å²) in [6.45, 7) is 0.575. The maximum absolute atomic E-state index is 12.3. The van der Waals surface area contributed by atoms with Crippen molar-refractivity contribution in [3.05, 3.63) is 46.1 Å². The number of aromatic nitrogens is 2. The number of nitro benzene ring substituents is 1. The molecule has 0 saturated heterocycles. The molecule has 10 heteroatoms. The molecule has 10 nitrogen and oxygen atoms in total. The van der Waals surface area contributed by atoms with E-state index in [-0.39, 0.29) is 16.9 Å². The third-order valence-corrected chi connectivity index (χ3v) is 3.48. The van der Waals surface area contributed by atoms with Crippen LogP contribution in [-0.2, 0) is 11.8 Å².